The molecule has 0 radical (unpaired) electrons. The van der Waals surface area contributed by atoms with Gasteiger partial charge in [0.2, 0.25) is 0 Å². The van der Waals surface area contributed by atoms with E-state index in [1.807, 2.05) is 0 Å². The molecular formula is C14H17FN8O3S. The summed E-state index contributed by atoms with van der Waals surface area (Å²) in [6.07, 6.45) is -3.28. The number of nitrogens with two attached hydrogens (primary N) is 2. The summed E-state index contributed by atoms with van der Waals surface area (Å²) in [5.74, 6) is 9.77. The van der Waals surface area contributed by atoms with Crippen LogP contribution in [0.15, 0.2) is 16.7 Å². The van der Waals surface area contributed by atoms with Crippen LogP contribution in [0.4, 0.5) is 10.3 Å². The van der Waals surface area contributed by atoms with Crippen molar-refractivity contribution in [3.8, 4) is 11.8 Å². The van der Waals surface area contributed by atoms with E-state index in [4.69, 9.17) is 28.5 Å². The summed E-state index contributed by atoms with van der Waals surface area (Å²) in [7, 11) is 0. The normalized spacial score (nSPS) is 29.1. The van der Waals surface area contributed by atoms with Crippen LogP contribution < -0.4 is 11.6 Å². The number of ether oxygens (including phenoxy) is 1. The molecule has 0 aliphatic carbocycles. The maximum Gasteiger partial charge on any atom is 0.251 e. The van der Waals surface area contributed by atoms with Gasteiger partial charge in [0.1, 0.15) is 30.0 Å². The minimum atomic E-state index is -1.73. The Morgan fingerprint density at radius 2 is 2.37 bits per heavy atom. The Balaban J connectivity index is 2.19. The van der Waals surface area contributed by atoms with Crippen LogP contribution in [0, 0.1) is 16.5 Å². The van der Waals surface area contributed by atoms with E-state index in [-0.39, 0.29) is 10.6 Å². The molecule has 0 unspecified atom stereocenters. The molecular weight excluding hydrogens is 379 g/mol. The van der Waals surface area contributed by atoms with E-state index >= 15 is 0 Å². The minimum absolute atomic E-state index is 0.0137. The molecule has 5 atom stereocenters. The number of nitrogens with zero attached hydrogens (tertiary/aromatic N) is 5. The molecule has 2 aromatic heterocycles. The van der Waals surface area contributed by atoms with Crippen molar-refractivity contribution < 1.29 is 19.3 Å². The van der Waals surface area contributed by atoms with Gasteiger partial charge in [-0.25, -0.2) is 9.37 Å². The van der Waals surface area contributed by atoms with Crippen molar-refractivity contribution >= 4 is 29.3 Å². The van der Waals surface area contributed by atoms with Gasteiger partial charge in [-0.15, -0.1) is 0 Å². The summed E-state index contributed by atoms with van der Waals surface area (Å²) < 4.78 is 19.9. The highest BCUT2D eigenvalue weighted by Gasteiger charge is 2.55. The molecule has 7 N–H and O–H groups in total. The van der Waals surface area contributed by atoms with Gasteiger partial charge in [-0.3, -0.25) is 4.57 Å². The molecule has 0 amide bonds. The molecule has 27 heavy (non-hydrogen) atoms. The quantitative estimate of drug-likeness (QED) is 0.155. The number of alkyl halides is 1. The van der Waals surface area contributed by atoms with Crippen LogP contribution in [0.1, 0.15) is 13.2 Å². The largest absolute Gasteiger partial charge is 0.391 e. The van der Waals surface area contributed by atoms with Gasteiger partial charge in [0.15, 0.2) is 16.4 Å². The second-order valence-corrected chi connectivity index (χ2v) is 6.32. The highest BCUT2D eigenvalue weighted by atomic mass is 32.1. The van der Waals surface area contributed by atoms with Crippen LogP contribution in [0.3, 0.4) is 0 Å². The lowest BCUT2D eigenvalue weighted by molar-refractivity contribution is -0.0756. The molecule has 1 saturated heterocycles. The van der Waals surface area contributed by atoms with Gasteiger partial charge in [-0.2, -0.15) is 4.98 Å². The number of aromatic amines is 1. The fourth-order valence-electron chi connectivity index (χ4n) is 2.95. The summed E-state index contributed by atoms with van der Waals surface area (Å²) in [6.45, 7) is 0.470. The first-order chi connectivity index (χ1) is 12.8. The van der Waals surface area contributed by atoms with E-state index < -0.39 is 36.8 Å². The second-order valence-electron chi connectivity index (χ2n) is 5.94. The Hall–Kier alpha value is -2.50. The van der Waals surface area contributed by atoms with Gasteiger partial charge in [-0.05, 0) is 6.92 Å². The lowest BCUT2D eigenvalue weighted by Crippen LogP contribution is -2.54. The van der Waals surface area contributed by atoms with E-state index in [0.29, 0.717) is 11.2 Å². The van der Waals surface area contributed by atoms with E-state index in [1.165, 1.54) is 17.8 Å². The van der Waals surface area contributed by atoms with Gasteiger partial charge in [0.25, 0.3) is 5.95 Å². The third kappa shape index (κ3) is 3.17. The summed E-state index contributed by atoms with van der Waals surface area (Å²) in [4.78, 5) is 11.0. The van der Waals surface area contributed by atoms with Gasteiger partial charge in [0, 0.05) is 0 Å². The van der Waals surface area contributed by atoms with Crippen molar-refractivity contribution in [3.05, 3.63) is 11.0 Å². The Kier molecular flexibility index (Phi) is 5.18. The lowest BCUT2D eigenvalue weighted by atomic mass is 9.90. The monoisotopic (exact) mass is 396 g/mol. The predicted molar refractivity (Wildman–Crippen MR) is 93.7 cm³/mol. The fourth-order valence-corrected chi connectivity index (χ4v) is 3.19. The number of hydrogen-bond donors (Lipinski definition) is 5. The SMILES string of the molecule is C[C@@H](O)[C@H]1O[C@@H](n2cnc3c(=S)nc(N=NN)[nH]c32)[C@@](N)(C#CCF)[C@H]1O. The molecule has 1 aliphatic rings. The number of aliphatic hydroxyl groups is 2. The number of hydrogen-bond acceptors (Lipinski definition) is 9. The van der Waals surface area contributed by atoms with Gasteiger partial charge < -0.3 is 31.5 Å². The van der Waals surface area contributed by atoms with E-state index in [0.717, 1.165) is 0 Å². The van der Waals surface area contributed by atoms with Crippen molar-refractivity contribution in [1.29, 1.82) is 0 Å². The van der Waals surface area contributed by atoms with Crippen LogP contribution in [0.25, 0.3) is 11.2 Å². The number of rotatable bonds is 3. The maximum atomic E-state index is 12.6. The molecule has 1 aliphatic heterocycles. The molecule has 144 valence electrons. The third-order valence-electron chi connectivity index (χ3n) is 4.18. The van der Waals surface area contributed by atoms with Crippen LogP contribution >= 0.6 is 12.2 Å². The van der Waals surface area contributed by atoms with Crippen LogP contribution in [-0.4, -0.2) is 60.3 Å². The highest BCUT2D eigenvalue weighted by molar-refractivity contribution is 7.71. The van der Waals surface area contributed by atoms with Crippen molar-refractivity contribution in [2.45, 2.75) is 37.0 Å². The molecule has 0 aromatic carbocycles. The smallest absolute Gasteiger partial charge is 0.251 e. The molecule has 3 heterocycles. The number of imidazole rings is 1. The average molecular weight is 396 g/mol. The standard InChI is InChI=1S/C14H17FN8O3S/c1-6(24)8-9(25)14(16,3-2-4-15)12(26-8)23-5-18-7-10(23)19-13(21-22-17)20-11(7)27/h5-6,8-9,12,24-25H,4,16H2,1H3,(H3,17,19,20,21,27)/t6-,8-,9+,12-,14-/m1/s1. The zero-order valence-electron chi connectivity index (χ0n) is 14.1. The highest BCUT2D eigenvalue weighted by Crippen LogP contribution is 2.39. The first kappa shape index (κ1) is 19.3. The molecule has 1 fully saturated rings. The first-order valence-electron chi connectivity index (χ1n) is 7.77. The summed E-state index contributed by atoms with van der Waals surface area (Å²) >= 11 is 5.17. The molecule has 0 saturated carbocycles. The lowest BCUT2D eigenvalue weighted by Gasteiger charge is -2.28. The topological polar surface area (TPSA) is 173 Å². The Labute approximate surface area is 157 Å². The summed E-state index contributed by atoms with van der Waals surface area (Å²) in [6, 6.07) is 0. The number of aliphatic hydroxyl groups excluding tert-OH is 2. The van der Waals surface area contributed by atoms with Crippen molar-refractivity contribution in [1.82, 2.24) is 19.5 Å². The predicted octanol–water partition coefficient (Wildman–Crippen LogP) is -0.244. The molecule has 0 spiro atoms. The number of fused-ring (bicyclic) bond motifs is 1. The Bertz CT molecular complexity index is 996. The number of halogens is 1. The number of H-pyrrole nitrogens is 1. The Morgan fingerprint density at radius 3 is 3.00 bits per heavy atom. The third-order valence-corrected chi connectivity index (χ3v) is 4.47. The second kappa shape index (κ2) is 7.25. The minimum Gasteiger partial charge on any atom is -0.391 e. The van der Waals surface area contributed by atoms with Crippen LogP contribution in [0.5, 0.6) is 0 Å². The zero-order chi connectivity index (χ0) is 19.8. The van der Waals surface area contributed by atoms with Crippen molar-refractivity contribution in [2.24, 2.45) is 21.9 Å². The van der Waals surface area contributed by atoms with Crippen molar-refractivity contribution in [2.75, 3.05) is 6.67 Å². The Morgan fingerprint density at radius 1 is 1.63 bits per heavy atom. The molecule has 11 nitrogen and oxygen atoms in total. The van der Waals surface area contributed by atoms with Crippen molar-refractivity contribution in [3.63, 3.8) is 0 Å². The molecule has 2 aromatic rings. The van der Waals surface area contributed by atoms with Gasteiger partial charge in [-0.1, -0.05) is 34.4 Å². The molecule has 0 bridgehead atoms. The number of aromatic nitrogens is 4. The summed E-state index contributed by atoms with van der Waals surface area (Å²) in [5, 5.41) is 27.2. The first-order valence-corrected chi connectivity index (χ1v) is 8.18. The van der Waals surface area contributed by atoms with E-state index in [1.54, 1.807) is 0 Å². The summed E-state index contributed by atoms with van der Waals surface area (Å²) in [5.41, 5.74) is 5.17. The average Bonchev–Trinajstić information content (AvgIpc) is 3.14. The van der Waals surface area contributed by atoms with Crippen LogP contribution in [0.2, 0.25) is 0 Å². The van der Waals surface area contributed by atoms with Gasteiger partial charge in [0.05, 0.1) is 12.4 Å². The fraction of sp³-hybridized carbons (Fsp3) is 0.500. The van der Waals surface area contributed by atoms with E-state index in [9.17, 15) is 14.6 Å². The molecule has 13 heteroatoms. The van der Waals surface area contributed by atoms with Gasteiger partial charge >= 0.3 is 0 Å². The van der Waals surface area contributed by atoms with Crippen LogP contribution in [-0.2, 0) is 4.74 Å². The molecule has 3 rings (SSSR count). The zero-order valence-corrected chi connectivity index (χ0v) is 14.9. The van der Waals surface area contributed by atoms with E-state index in [2.05, 4.69) is 37.1 Å². The maximum absolute atomic E-state index is 12.6. The number of nitrogens with one attached hydrogen (secondary N) is 1.